The fourth-order valence-corrected chi connectivity index (χ4v) is 11.9. The highest BCUT2D eigenvalue weighted by molar-refractivity contribution is 7.91. The first-order valence-corrected chi connectivity index (χ1v) is 25.0. The van der Waals surface area contributed by atoms with Crippen LogP contribution in [0.3, 0.4) is 0 Å². The number of carbonyl (C=O) groups is 1. The van der Waals surface area contributed by atoms with Crippen LogP contribution in [0.15, 0.2) is 35.2 Å². The second-order valence-electron chi connectivity index (χ2n) is 18.5. The quantitative estimate of drug-likeness (QED) is 0.238. The van der Waals surface area contributed by atoms with Gasteiger partial charge in [0, 0.05) is 23.9 Å². The number of fused-ring (bicyclic) bond motifs is 1. The van der Waals surface area contributed by atoms with Crippen LogP contribution in [-0.2, 0) is 28.2 Å². The molecule has 3 aliphatic rings. The zero-order valence-corrected chi connectivity index (χ0v) is 34.1. The number of benzene rings is 1. The van der Waals surface area contributed by atoms with Gasteiger partial charge < -0.3 is 13.6 Å². The maximum absolute atomic E-state index is 15.6. The van der Waals surface area contributed by atoms with Crippen LogP contribution in [0.1, 0.15) is 88.0 Å². The predicted octanol–water partition coefficient (Wildman–Crippen LogP) is 8.57. The summed E-state index contributed by atoms with van der Waals surface area (Å²) < 4.78 is 48.4. The van der Waals surface area contributed by atoms with Crippen LogP contribution in [-0.4, -0.2) is 61.0 Å². The fourth-order valence-electron chi connectivity index (χ4n) is 8.03. The Morgan fingerprint density at radius 2 is 1.53 bits per heavy atom. The number of ketones is 1. The third kappa shape index (κ3) is 6.51. The number of carbonyl (C=O) groups excluding carboxylic acids is 1. The highest BCUT2D eigenvalue weighted by atomic mass is 32.2. The average Bonchev–Trinajstić information content (AvgIpc) is 3.23. The zero-order valence-electron chi connectivity index (χ0n) is 31.3. The van der Waals surface area contributed by atoms with Gasteiger partial charge in [0.2, 0.25) is 0 Å². The maximum Gasteiger partial charge on any atom is 0.192 e. The van der Waals surface area contributed by atoms with Gasteiger partial charge in [0.25, 0.3) is 0 Å². The first kappa shape index (κ1) is 38.4. The maximum atomic E-state index is 15.6. The predicted molar refractivity (Wildman–Crippen MR) is 193 cm³/mol. The van der Waals surface area contributed by atoms with Crippen molar-refractivity contribution in [2.24, 2.45) is 28.6 Å². The minimum atomic E-state index is -3.65. The lowest BCUT2D eigenvalue weighted by Gasteiger charge is -2.57. The Kier molecular flexibility index (Phi) is 10.2. The molecule has 0 aromatic heterocycles. The SMILES string of the molecule is CC1(C)[C@H](C#N)[C@@H]2C[C@]3(C)[C@@H](O[Si](C)(C)C(C)(C)C)CC[C@H](CO[Si](C)(C)C(C)(C)C)[C@@]3(O2)C(=O)[C@@H]1CCS(=O)(=O)c1ccccc1. The van der Waals surface area contributed by atoms with Gasteiger partial charge >= 0.3 is 0 Å². The molecule has 47 heavy (non-hydrogen) atoms. The number of nitrogens with zero attached hydrogens (tertiary/aromatic N) is 1. The van der Waals surface area contributed by atoms with Gasteiger partial charge in [-0.15, -0.1) is 0 Å². The van der Waals surface area contributed by atoms with E-state index in [4.69, 9.17) is 13.6 Å². The van der Waals surface area contributed by atoms with Gasteiger partial charge in [-0.1, -0.05) is 80.5 Å². The average molecular weight is 704 g/mol. The van der Waals surface area contributed by atoms with E-state index in [9.17, 15) is 13.7 Å². The minimum absolute atomic E-state index is 0.00856. The Bertz CT molecular complexity index is 1470. The second kappa shape index (κ2) is 12.5. The first-order chi connectivity index (χ1) is 21.3. The monoisotopic (exact) mass is 703 g/mol. The van der Waals surface area contributed by atoms with Crippen LogP contribution in [0.25, 0.3) is 0 Å². The van der Waals surface area contributed by atoms with E-state index in [1.807, 2.05) is 13.8 Å². The summed E-state index contributed by atoms with van der Waals surface area (Å²) in [4.78, 5) is 15.9. The van der Waals surface area contributed by atoms with E-state index >= 15 is 4.79 Å². The van der Waals surface area contributed by atoms with Crippen molar-refractivity contribution in [2.45, 2.75) is 147 Å². The topological polar surface area (TPSA) is 103 Å². The van der Waals surface area contributed by atoms with Gasteiger partial charge in [-0.3, -0.25) is 4.79 Å². The van der Waals surface area contributed by atoms with Crippen molar-refractivity contribution in [3.8, 4) is 6.07 Å². The first-order valence-electron chi connectivity index (χ1n) is 17.5. The summed E-state index contributed by atoms with van der Waals surface area (Å²) in [6.07, 6.45) is 1.46. The van der Waals surface area contributed by atoms with Crippen molar-refractivity contribution in [1.82, 2.24) is 0 Å². The number of nitriles is 1. The van der Waals surface area contributed by atoms with Crippen molar-refractivity contribution in [1.29, 1.82) is 5.26 Å². The van der Waals surface area contributed by atoms with Crippen molar-refractivity contribution < 1.29 is 26.8 Å². The molecule has 2 aliphatic heterocycles. The molecule has 0 radical (unpaired) electrons. The lowest BCUT2D eigenvalue weighted by Crippen LogP contribution is -2.68. The molecular formula is C37H61NO6SSi2. The standard InChI is InChI=1S/C37H61NO6SSi2/c1-33(2,3)46(10,11)42-25-26-19-20-31(44-47(12,13)34(4,5)6)36(9)23-30-29(24-38)35(7,8)28(32(39)37(26,36)43-30)21-22-45(40,41)27-17-15-14-16-18-27/h14-18,26,28-31H,19-23,25H2,1-13H3/t26-,28+,29-,30+,31+,36-,37-/m1/s1. The van der Waals surface area contributed by atoms with Crippen LogP contribution >= 0.6 is 0 Å². The lowest BCUT2D eigenvalue weighted by molar-refractivity contribution is -0.193. The Labute approximate surface area is 287 Å². The van der Waals surface area contributed by atoms with Crippen LogP contribution in [0, 0.1) is 39.9 Å². The summed E-state index contributed by atoms with van der Waals surface area (Å²) in [5.74, 6) is -1.77. The van der Waals surface area contributed by atoms with Crippen molar-refractivity contribution in [3.63, 3.8) is 0 Å². The summed E-state index contributed by atoms with van der Waals surface area (Å²) in [6.45, 7) is 28.8. The molecular weight excluding hydrogens is 643 g/mol. The molecule has 1 aromatic rings. The molecule has 10 heteroatoms. The van der Waals surface area contributed by atoms with E-state index in [0.717, 1.165) is 6.42 Å². The minimum Gasteiger partial charge on any atom is -0.416 e. The van der Waals surface area contributed by atoms with E-state index < -0.39 is 60.8 Å². The van der Waals surface area contributed by atoms with Gasteiger partial charge in [0.15, 0.2) is 32.3 Å². The van der Waals surface area contributed by atoms with Crippen molar-refractivity contribution in [2.75, 3.05) is 12.4 Å². The molecule has 0 unspecified atom stereocenters. The Balaban J connectivity index is 1.85. The summed E-state index contributed by atoms with van der Waals surface area (Å²) in [7, 11) is -8.10. The van der Waals surface area contributed by atoms with Crippen LogP contribution < -0.4 is 0 Å². The van der Waals surface area contributed by atoms with Crippen LogP contribution in [0.4, 0.5) is 0 Å². The normalized spacial score (nSPS) is 33.2. The van der Waals surface area contributed by atoms with Crippen LogP contribution in [0.2, 0.25) is 36.3 Å². The van der Waals surface area contributed by atoms with Crippen molar-refractivity contribution in [3.05, 3.63) is 30.3 Å². The summed E-state index contributed by atoms with van der Waals surface area (Å²) in [5.41, 5.74) is -2.76. The largest absolute Gasteiger partial charge is 0.416 e. The highest BCUT2D eigenvalue weighted by Gasteiger charge is 2.74. The molecule has 2 heterocycles. The molecule has 0 amide bonds. The Morgan fingerprint density at radius 1 is 0.957 bits per heavy atom. The van der Waals surface area contributed by atoms with Gasteiger partial charge in [-0.05, 0) is 79.5 Å². The molecule has 0 N–H and O–H groups in total. The lowest BCUT2D eigenvalue weighted by atomic mass is 9.50. The number of hydrogen-bond acceptors (Lipinski definition) is 7. The van der Waals surface area contributed by atoms with Gasteiger partial charge in [-0.2, -0.15) is 5.26 Å². The smallest absolute Gasteiger partial charge is 0.192 e. The second-order valence-corrected chi connectivity index (χ2v) is 30.2. The highest BCUT2D eigenvalue weighted by Crippen LogP contribution is 2.66. The number of rotatable bonds is 9. The molecule has 7 nitrogen and oxygen atoms in total. The molecule has 264 valence electrons. The summed E-state index contributed by atoms with van der Waals surface area (Å²) in [5, 5.41) is 10.7. The fraction of sp³-hybridized carbons (Fsp3) is 0.784. The van der Waals surface area contributed by atoms with Gasteiger partial charge in [0.1, 0.15) is 5.60 Å². The van der Waals surface area contributed by atoms with E-state index in [1.165, 1.54) is 0 Å². The third-order valence-corrected chi connectivity index (χ3v) is 24.0. The molecule has 1 saturated carbocycles. The molecule has 4 rings (SSSR count). The zero-order chi connectivity index (χ0) is 35.6. The summed E-state index contributed by atoms with van der Waals surface area (Å²) in [6, 6.07) is 11.0. The molecule has 1 spiro atoms. The van der Waals surface area contributed by atoms with Gasteiger partial charge in [-0.25, -0.2) is 8.42 Å². The number of Topliss-reactive ketones (excluding diaryl/α,β-unsaturated/α-hetero) is 1. The molecule has 1 aromatic carbocycles. The Hall–Kier alpha value is -1.36. The van der Waals surface area contributed by atoms with E-state index in [-0.39, 0.29) is 45.0 Å². The van der Waals surface area contributed by atoms with E-state index in [0.29, 0.717) is 19.4 Å². The third-order valence-electron chi connectivity index (χ3n) is 13.2. The Morgan fingerprint density at radius 3 is 2.06 bits per heavy atom. The molecule has 3 fully saturated rings. The van der Waals surface area contributed by atoms with Crippen LogP contribution in [0.5, 0.6) is 0 Å². The van der Waals surface area contributed by atoms with E-state index in [1.54, 1.807) is 30.3 Å². The number of hydrogen-bond donors (Lipinski definition) is 0. The summed E-state index contributed by atoms with van der Waals surface area (Å²) >= 11 is 0. The molecule has 2 bridgehead atoms. The molecule has 7 atom stereocenters. The van der Waals surface area contributed by atoms with E-state index in [2.05, 4.69) is 80.7 Å². The number of ether oxygens (including phenoxy) is 1. The van der Waals surface area contributed by atoms with Crippen molar-refractivity contribution >= 4 is 32.3 Å². The van der Waals surface area contributed by atoms with Gasteiger partial charge in [0.05, 0.1) is 34.8 Å². The molecule has 1 aliphatic carbocycles. The number of sulfone groups is 1. The molecule has 2 saturated heterocycles.